The van der Waals surface area contributed by atoms with Gasteiger partial charge < -0.3 is 14.8 Å². The van der Waals surface area contributed by atoms with Crippen molar-refractivity contribution in [3.05, 3.63) is 18.0 Å². The van der Waals surface area contributed by atoms with Gasteiger partial charge in [0.25, 0.3) is 5.91 Å². The zero-order valence-electron chi connectivity index (χ0n) is 13.5. The van der Waals surface area contributed by atoms with E-state index in [2.05, 4.69) is 20.5 Å². The van der Waals surface area contributed by atoms with Gasteiger partial charge in [-0.1, -0.05) is 0 Å². The van der Waals surface area contributed by atoms with E-state index in [1.165, 1.54) is 0 Å². The van der Waals surface area contributed by atoms with Crippen LogP contribution >= 0.6 is 0 Å². The molecule has 0 saturated carbocycles. The number of pyridine rings is 1. The summed E-state index contributed by atoms with van der Waals surface area (Å²) in [6.07, 6.45) is 4.42. The SMILES string of the molecule is Cc1[nH]nc2ncc(NC(=O)C(C)OCC3CCCCO3)cc12. The largest absolute Gasteiger partial charge is 0.376 e. The lowest BCUT2D eigenvalue weighted by atomic mass is 10.1. The highest BCUT2D eigenvalue weighted by molar-refractivity contribution is 5.95. The van der Waals surface area contributed by atoms with Gasteiger partial charge in [0.05, 0.1) is 24.6 Å². The molecule has 3 heterocycles. The summed E-state index contributed by atoms with van der Waals surface area (Å²) in [6, 6.07) is 1.86. The van der Waals surface area contributed by atoms with Crippen molar-refractivity contribution in [2.45, 2.75) is 45.3 Å². The number of ether oxygens (including phenoxy) is 2. The van der Waals surface area contributed by atoms with Crippen LogP contribution in [0.4, 0.5) is 5.69 Å². The number of amides is 1. The van der Waals surface area contributed by atoms with Gasteiger partial charge in [0.1, 0.15) is 6.10 Å². The molecule has 23 heavy (non-hydrogen) atoms. The first-order valence-electron chi connectivity index (χ1n) is 7.98. The number of hydrogen-bond acceptors (Lipinski definition) is 5. The Balaban J connectivity index is 1.55. The van der Waals surface area contributed by atoms with Gasteiger partial charge in [-0.2, -0.15) is 5.10 Å². The van der Waals surface area contributed by atoms with Crippen molar-refractivity contribution >= 4 is 22.6 Å². The zero-order valence-corrected chi connectivity index (χ0v) is 13.5. The number of carbonyl (C=O) groups excluding carboxylic acids is 1. The fraction of sp³-hybridized carbons (Fsp3) is 0.562. The molecule has 2 N–H and O–H groups in total. The monoisotopic (exact) mass is 318 g/mol. The van der Waals surface area contributed by atoms with E-state index in [0.717, 1.165) is 36.9 Å². The Labute approximate surface area is 134 Å². The molecule has 1 aliphatic heterocycles. The predicted octanol–water partition coefficient (Wildman–Crippen LogP) is 2.18. The Morgan fingerprint density at radius 2 is 2.43 bits per heavy atom. The van der Waals surface area contributed by atoms with Crippen molar-refractivity contribution in [3.8, 4) is 0 Å². The molecule has 0 aromatic carbocycles. The molecule has 2 aromatic heterocycles. The smallest absolute Gasteiger partial charge is 0.253 e. The number of aromatic nitrogens is 3. The van der Waals surface area contributed by atoms with Crippen LogP contribution in [0.15, 0.2) is 12.3 Å². The maximum absolute atomic E-state index is 12.2. The summed E-state index contributed by atoms with van der Waals surface area (Å²) in [5, 5.41) is 10.7. The maximum Gasteiger partial charge on any atom is 0.253 e. The summed E-state index contributed by atoms with van der Waals surface area (Å²) < 4.78 is 11.2. The molecule has 1 fully saturated rings. The van der Waals surface area contributed by atoms with Crippen molar-refractivity contribution < 1.29 is 14.3 Å². The fourth-order valence-corrected chi connectivity index (χ4v) is 2.60. The molecule has 3 rings (SSSR count). The van der Waals surface area contributed by atoms with Crippen LogP contribution in [0, 0.1) is 6.92 Å². The molecule has 1 saturated heterocycles. The predicted molar refractivity (Wildman–Crippen MR) is 86.3 cm³/mol. The minimum Gasteiger partial charge on any atom is -0.376 e. The minimum atomic E-state index is -0.540. The van der Waals surface area contributed by atoms with Gasteiger partial charge in [0, 0.05) is 17.7 Å². The molecule has 0 radical (unpaired) electrons. The number of aromatic amines is 1. The molecule has 0 bridgehead atoms. The Hall–Kier alpha value is -1.99. The van der Waals surface area contributed by atoms with Crippen LogP contribution in [-0.2, 0) is 14.3 Å². The topological polar surface area (TPSA) is 89.1 Å². The van der Waals surface area contributed by atoms with E-state index in [1.807, 2.05) is 13.0 Å². The molecular formula is C16H22N4O3. The average molecular weight is 318 g/mol. The summed E-state index contributed by atoms with van der Waals surface area (Å²) >= 11 is 0. The quantitative estimate of drug-likeness (QED) is 0.882. The first-order valence-corrected chi connectivity index (χ1v) is 7.98. The second-order valence-electron chi connectivity index (χ2n) is 5.90. The van der Waals surface area contributed by atoms with Crippen molar-refractivity contribution in [2.24, 2.45) is 0 Å². The molecule has 124 valence electrons. The number of rotatable bonds is 5. The molecule has 1 aliphatic rings. The lowest BCUT2D eigenvalue weighted by molar-refractivity contribution is -0.130. The lowest BCUT2D eigenvalue weighted by Gasteiger charge is -2.23. The molecule has 0 spiro atoms. The van der Waals surface area contributed by atoms with Gasteiger partial charge in [-0.05, 0) is 39.2 Å². The molecule has 1 amide bonds. The van der Waals surface area contributed by atoms with Gasteiger partial charge >= 0.3 is 0 Å². The van der Waals surface area contributed by atoms with Crippen molar-refractivity contribution in [1.29, 1.82) is 0 Å². The summed E-state index contributed by atoms with van der Waals surface area (Å²) in [6.45, 7) is 4.89. The Kier molecular flexibility index (Phi) is 4.88. The first kappa shape index (κ1) is 15.9. The van der Waals surface area contributed by atoms with Gasteiger partial charge in [0.2, 0.25) is 0 Å². The molecule has 0 aliphatic carbocycles. The van der Waals surface area contributed by atoms with Gasteiger partial charge in [-0.15, -0.1) is 0 Å². The Morgan fingerprint density at radius 1 is 1.57 bits per heavy atom. The highest BCUT2D eigenvalue weighted by Gasteiger charge is 2.19. The average Bonchev–Trinajstić information content (AvgIpc) is 2.94. The Morgan fingerprint density at radius 3 is 3.22 bits per heavy atom. The van der Waals surface area contributed by atoms with E-state index >= 15 is 0 Å². The maximum atomic E-state index is 12.2. The van der Waals surface area contributed by atoms with Gasteiger partial charge in [-0.25, -0.2) is 4.98 Å². The van der Waals surface area contributed by atoms with E-state index in [-0.39, 0.29) is 12.0 Å². The summed E-state index contributed by atoms with van der Waals surface area (Å²) in [5.41, 5.74) is 2.19. The number of nitrogens with one attached hydrogen (secondary N) is 2. The molecule has 2 unspecified atom stereocenters. The number of hydrogen-bond donors (Lipinski definition) is 2. The number of nitrogens with zero attached hydrogens (tertiary/aromatic N) is 2. The first-order chi connectivity index (χ1) is 11.1. The summed E-state index contributed by atoms with van der Waals surface area (Å²) in [5.74, 6) is -0.192. The van der Waals surface area contributed by atoms with E-state index < -0.39 is 6.10 Å². The van der Waals surface area contributed by atoms with Crippen LogP contribution in [0.3, 0.4) is 0 Å². The third-order valence-corrected chi connectivity index (χ3v) is 4.04. The van der Waals surface area contributed by atoms with Gasteiger partial charge in [0.15, 0.2) is 5.65 Å². The van der Waals surface area contributed by atoms with Crippen LogP contribution in [-0.4, -0.2) is 46.5 Å². The van der Waals surface area contributed by atoms with Crippen LogP contribution in [0.1, 0.15) is 31.9 Å². The standard InChI is InChI=1S/C16H22N4O3/c1-10-14-7-12(8-17-15(14)20-19-10)18-16(21)11(2)23-9-13-5-3-4-6-22-13/h7-8,11,13H,3-6,9H2,1-2H3,(H,18,21)(H,17,19,20). The molecule has 7 heteroatoms. The second kappa shape index (κ2) is 7.06. The summed E-state index contributed by atoms with van der Waals surface area (Å²) in [7, 11) is 0. The van der Waals surface area contributed by atoms with E-state index in [4.69, 9.17) is 9.47 Å². The van der Waals surface area contributed by atoms with Crippen LogP contribution in [0.5, 0.6) is 0 Å². The third-order valence-electron chi connectivity index (χ3n) is 4.04. The number of fused-ring (bicyclic) bond motifs is 1. The van der Waals surface area contributed by atoms with Crippen molar-refractivity contribution in [2.75, 3.05) is 18.5 Å². The van der Waals surface area contributed by atoms with Crippen molar-refractivity contribution in [1.82, 2.24) is 15.2 Å². The molecular weight excluding hydrogens is 296 g/mol. The number of carbonyl (C=O) groups is 1. The van der Waals surface area contributed by atoms with E-state index in [1.54, 1.807) is 13.1 Å². The van der Waals surface area contributed by atoms with Crippen molar-refractivity contribution in [3.63, 3.8) is 0 Å². The minimum absolute atomic E-state index is 0.102. The molecule has 2 atom stereocenters. The molecule has 2 aromatic rings. The number of aryl methyl sites for hydroxylation is 1. The number of H-pyrrole nitrogens is 1. The second-order valence-corrected chi connectivity index (χ2v) is 5.90. The van der Waals surface area contributed by atoms with Crippen LogP contribution in [0.25, 0.3) is 11.0 Å². The van der Waals surface area contributed by atoms with Crippen LogP contribution in [0.2, 0.25) is 0 Å². The van der Waals surface area contributed by atoms with Gasteiger partial charge in [-0.3, -0.25) is 9.89 Å². The molecule has 7 nitrogen and oxygen atoms in total. The van der Waals surface area contributed by atoms with Crippen LogP contribution < -0.4 is 5.32 Å². The highest BCUT2D eigenvalue weighted by atomic mass is 16.5. The Bertz CT molecular complexity index is 679. The normalized spacial score (nSPS) is 19.7. The third kappa shape index (κ3) is 3.86. The van der Waals surface area contributed by atoms with E-state index in [0.29, 0.717) is 17.9 Å². The fourth-order valence-electron chi connectivity index (χ4n) is 2.60. The van der Waals surface area contributed by atoms with E-state index in [9.17, 15) is 4.79 Å². The lowest BCUT2D eigenvalue weighted by Crippen LogP contribution is -2.32. The highest BCUT2D eigenvalue weighted by Crippen LogP contribution is 2.18. The summed E-state index contributed by atoms with van der Waals surface area (Å²) in [4.78, 5) is 16.4. The zero-order chi connectivity index (χ0) is 16.2. The number of anilines is 1.